The summed E-state index contributed by atoms with van der Waals surface area (Å²) in [5.41, 5.74) is -0.237. The first-order valence-electron chi connectivity index (χ1n) is 8.91. The van der Waals surface area contributed by atoms with Crippen molar-refractivity contribution >= 4 is 5.91 Å². The van der Waals surface area contributed by atoms with Crippen molar-refractivity contribution in [3.05, 3.63) is 46.6 Å². The molecule has 1 aliphatic rings. The number of methoxy groups -OCH3 is 1. The average molecular weight is 358 g/mol. The van der Waals surface area contributed by atoms with Crippen LogP contribution in [0.2, 0.25) is 0 Å². The highest BCUT2D eigenvalue weighted by Crippen LogP contribution is 2.28. The van der Waals surface area contributed by atoms with E-state index >= 15 is 0 Å². The molecule has 2 heterocycles. The van der Waals surface area contributed by atoms with E-state index < -0.39 is 5.60 Å². The molecule has 0 N–H and O–H groups in total. The van der Waals surface area contributed by atoms with Crippen LogP contribution in [0, 0.1) is 0 Å². The van der Waals surface area contributed by atoms with Crippen LogP contribution in [-0.2, 0) is 16.6 Å². The number of carbonyl (C=O) groups excluding carboxylic acids is 1. The molecule has 3 rings (SSSR count). The van der Waals surface area contributed by atoms with Crippen molar-refractivity contribution in [2.75, 3.05) is 20.2 Å². The number of para-hydroxylation sites is 1. The van der Waals surface area contributed by atoms with E-state index in [1.54, 1.807) is 32.6 Å². The van der Waals surface area contributed by atoms with Gasteiger partial charge in [-0.15, -0.1) is 0 Å². The Morgan fingerprint density at radius 2 is 1.96 bits per heavy atom. The second kappa shape index (κ2) is 7.07. The summed E-state index contributed by atoms with van der Waals surface area (Å²) in [6.45, 7) is 4.79. The monoisotopic (exact) mass is 358 g/mol. The number of aromatic nitrogens is 3. The molecule has 26 heavy (non-hydrogen) atoms. The molecule has 1 atom stereocenters. The van der Waals surface area contributed by atoms with Crippen LogP contribution < -0.4 is 5.69 Å². The summed E-state index contributed by atoms with van der Waals surface area (Å²) < 4.78 is 8.36. The van der Waals surface area contributed by atoms with E-state index in [1.165, 1.54) is 4.68 Å². The largest absolute Gasteiger partial charge is 0.369 e. The zero-order chi connectivity index (χ0) is 18.9. The molecule has 1 fully saturated rings. The molecule has 7 nitrogen and oxygen atoms in total. The molecule has 0 unspecified atom stereocenters. The number of ether oxygens (including phenoxy) is 1. The van der Waals surface area contributed by atoms with Gasteiger partial charge in [-0.1, -0.05) is 18.2 Å². The molecule has 7 heteroatoms. The molecule has 0 saturated carbocycles. The van der Waals surface area contributed by atoms with Crippen LogP contribution in [0.25, 0.3) is 5.69 Å². The highest BCUT2D eigenvalue weighted by atomic mass is 16.5. The van der Waals surface area contributed by atoms with E-state index in [1.807, 2.05) is 35.2 Å². The highest BCUT2D eigenvalue weighted by Gasteiger charge is 2.36. The van der Waals surface area contributed by atoms with E-state index in [0.717, 1.165) is 18.5 Å². The van der Waals surface area contributed by atoms with Crippen molar-refractivity contribution in [1.82, 2.24) is 19.2 Å². The number of amides is 1. The Morgan fingerprint density at radius 1 is 1.27 bits per heavy atom. The SMILES string of the molecule is COC(C)(C)C(=O)N1CCC[C@@H](c2nn(C)c(=O)n2-c2ccccc2)C1. The molecule has 0 spiro atoms. The van der Waals surface area contributed by atoms with Crippen molar-refractivity contribution in [1.29, 1.82) is 0 Å². The maximum Gasteiger partial charge on any atom is 0.350 e. The first-order chi connectivity index (χ1) is 12.3. The van der Waals surface area contributed by atoms with Crippen molar-refractivity contribution in [2.45, 2.75) is 38.2 Å². The van der Waals surface area contributed by atoms with Gasteiger partial charge < -0.3 is 9.64 Å². The van der Waals surface area contributed by atoms with Crippen LogP contribution in [0.15, 0.2) is 35.1 Å². The van der Waals surface area contributed by atoms with Crippen LogP contribution in [0.3, 0.4) is 0 Å². The summed E-state index contributed by atoms with van der Waals surface area (Å²) in [5, 5.41) is 4.48. The summed E-state index contributed by atoms with van der Waals surface area (Å²) in [5.74, 6) is 0.681. The van der Waals surface area contributed by atoms with Gasteiger partial charge in [-0.05, 0) is 38.8 Å². The van der Waals surface area contributed by atoms with Gasteiger partial charge in [0.25, 0.3) is 5.91 Å². The number of rotatable bonds is 4. The standard InChI is InChI=1S/C19H26N4O3/c1-19(2,26-4)17(24)22-12-8-9-14(13-22)16-20-21(3)18(25)23(16)15-10-6-5-7-11-15/h5-7,10-11,14H,8-9,12-13H2,1-4H3/t14-/m1/s1. The lowest BCUT2D eigenvalue weighted by Crippen LogP contribution is -2.50. The molecular weight excluding hydrogens is 332 g/mol. The lowest BCUT2D eigenvalue weighted by atomic mass is 9.95. The third kappa shape index (κ3) is 3.31. The van der Waals surface area contributed by atoms with Gasteiger partial charge >= 0.3 is 5.69 Å². The van der Waals surface area contributed by atoms with Gasteiger partial charge in [0.1, 0.15) is 11.4 Å². The number of nitrogens with zero attached hydrogens (tertiary/aromatic N) is 4. The molecule has 0 bridgehead atoms. The van der Waals surface area contributed by atoms with Crippen molar-refractivity contribution in [3.8, 4) is 5.69 Å². The predicted octanol–water partition coefficient (Wildman–Crippen LogP) is 1.70. The minimum Gasteiger partial charge on any atom is -0.369 e. The third-order valence-corrected chi connectivity index (χ3v) is 5.06. The van der Waals surface area contributed by atoms with Crippen molar-refractivity contribution in [3.63, 3.8) is 0 Å². The summed E-state index contributed by atoms with van der Waals surface area (Å²) in [4.78, 5) is 27.2. The Morgan fingerprint density at radius 3 is 2.62 bits per heavy atom. The predicted molar refractivity (Wildman–Crippen MR) is 98.4 cm³/mol. The topological polar surface area (TPSA) is 69.4 Å². The normalized spacial score (nSPS) is 18.2. The van der Waals surface area contributed by atoms with Gasteiger partial charge in [-0.3, -0.25) is 4.79 Å². The van der Waals surface area contributed by atoms with Crippen LogP contribution >= 0.6 is 0 Å². The van der Waals surface area contributed by atoms with Gasteiger partial charge in [0.05, 0.1) is 5.69 Å². The fourth-order valence-electron chi connectivity index (χ4n) is 3.41. The minimum absolute atomic E-state index is 0.00876. The van der Waals surface area contributed by atoms with Gasteiger partial charge in [0.15, 0.2) is 0 Å². The molecule has 0 radical (unpaired) electrons. The molecule has 1 aliphatic heterocycles. The smallest absolute Gasteiger partial charge is 0.350 e. The summed E-state index contributed by atoms with van der Waals surface area (Å²) in [6.07, 6.45) is 1.76. The molecule has 2 aromatic rings. The maximum atomic E-state index is 12.8. The van der Waals surface area contributed by atoms with E-state index in [-0.39, 0.29) is 17.5 Å². The van der Waals surface area contributed by atoms with Crippen LogP contribution in [0.5, 0.6) is 0 Å². The number of aryl methyl sites for hydroxylation is 1. The Bertz CT molecular complexity index is 838. The van der Waals surface area contributed by atoms with Crippen molar-refractivity contribution < 1.29 is 9.53 Å². The number of benzene rings is 1. The van der Waals surface area contributed by atoms with Gasteiger partial charge in [-0.2, -0.15) is 5.10 Å². The Labute approximate surface area is 153 Å². The molecule has 1 amide bonds. The van der Waals surface area contributed by atoms with Gasteiger partial charge in [-0.25, -0.2) is 14.0 Å². The fraction of sp³-hybridized carbons (Fsp3) is 0.526. The average Bonchev–Trinajstić information content (AvgIpc) is 2.96. The van der Waals surface area contributed by atoms with E-state index in [2.05, 4.69) is 5.10 Å². The second-order valence-electron chi connectivity index (χ2n) is 7.24. The molecule has 1 saturated heterocycles. The van der Waals surface area contributed by atoms with E-state index in [0.29, 0.717) is 18.9 Å². The number of likely N-dealkylation sites (tertiary alicyclic amines) is 1. The van der Waals surface area contributed by atoms with Gasteiger partial charge in [0.2, 0.25) is 0 Å². The van der Waals surface area contributed by atoms with E-state index in [4.69, 9.17) is 4.74 Å². The molecule has 1 aromatic heterocycles. The molecular formula is C19H26N4O3. The summed E-state index contributed by atoms with van der Waals surface area (Å²) in [6, 6.07) is 9.50. The fourth-order valence-corrected chi connectivity index (χ4v) is 3.41. The summed E-state index contributed by atoms with van der Waals surface area (Å²) >= 11 is 0. The number of carbonyl (C=O) groups is 1. The maximum absolute atomic E-state index is 12.8. The van der Waals surface area contributed by atoms with Crippen molar-refractivity contribution in [2.24, 2.45) is 7.05 Å². The molecule has 1 aromatic carbocycles. The van der Waals surface area contributed by atoms with Crippen LogP contribution in [-0.4, -0.2) is 51.0 Å². The Kier molecular flexibility index (Phi) is 5.00. The lowest BCUT2D eigenvalue weighted by molar-refractivity contribution is -0.152. The highest BCUT2D eigenvalue weighted by molar-refractivity contribution is 5.84. The number of hydrogen-bond donors (Lipinski definition) is 0. The first kappa shape index (κ1) is 18.4. The quantitative estimate of drug-likeness (QED) is 0.834. The summed E-state index contributed by atoms with van der Waals surface area (Å²) in [7, 11) is 3.20. The Balaban J connectivity index is 1.94. The lowest BCUT2D eigenvalue weighted by Gasteiger charge is -2.36. The third-order valence-electron chi connectivity index (χ3n) is 5.06. The minimum atomic E-state index is -0.856. The zero-order valence-corrected chi connectivity index (χ0v) is 15.8. The molecule has 0 aliphatic carbocycles. The van der Waals surface area contributed by atoms with Gasteiger partial charge in [0, 0.05) is 33.2 Å². The second-order valence-corrected chi connectivity index (χ2v) is 7.24. The number of piperidine rings is 1. The Hall–Kier alpha value is -2.41. The first-order valence-corrected chi connectivity index (χ1v) is 8.91. The number of hydrogen-bond acceptors (Lipinski definition) is 4. The van der Waals surface area contributed by atoms with Crippen LogP contribution in [0.4, 0.5) is 0 Å². The van der Waals surface area contributed by atoms with Crippen LogP contribution in [0.1, 0.15) is 38.4 Å². The molecule has 140 valence electrons. The van der Waals surface area contributed by atoms with E-state index in [9.17, 15) is 9.59 Å². The zero-order valence-electron chi connectivity index (χ0n) is 15.8.